The molecule has 0 radical (unpaired) electrons. The van der Waals surface area contributed by atoms with Gasteiger partial charge in [-0.1, -0.05) is 12.1 Å². The molecule has 2 N–H and O–H groups in total. The van der Waals surface area contributed by atoms with Crippen LogP contribution in [0.1, 0.15) is 32.4 Å². The predicted octanol–water partition coefficient (Wildman–Crippen LogP) is 1.36. The summed E-state index contributed by atoms with van der Waals surface area (Å²) in [5, 5.41) is 9.40. The van der Waals surface area contributed by atoms with E-state index in [9.17, 15) is 13.5 Å². The molecule has 6 heteroatoms. The van der Waals surface area contributed by atoms with Crippen LogP contribution in [0, 0.1) is 0 Å². The number of nitrogens with one attached hydrogen (secondary N) is 1. The van der Waals surface area contributed by atoms with Gasteiger partial charge in [-0.3, -0.25) is 0 Å². The topological polar surface area (TPSA) is 69.6 Å². The largest absolute Gasteiger partial charge is 0.389 e. The molecule has 1 unspecified atom stereocenters. The van der Waals surface area contributed by atoms with Gasteiger partial charge in [-0.15, -0.1) is 0 Å². The third-order valence-corrected chi connectivity index (χ3v) is 4.79. The van der Waals surface area contributed by atoms with Crippen molar-refractivity contribution in [3.05, 3.63) is 29.8 Å². The predicted molar refractivity (Wildman–Crippen MR) is 80.0 cm³/mol. The lowest BCUT2D eigenvalue weighted by Gasteiger charge is -2.20. The Kier molecular flexibility index (Phi) is 6.13. The van der Waals surface area contributed by atoms with E-state index in [-0.39, 0.29) is 4.90 Å². The lowest BCUT2D eigenvalue weighted by Crippen LogP contribution is -2.36. The number of hydrogen-bond donors (Lipinski definition) is 2. The zero-order valence-electron chi connectivity index (χ0n) is 12.5. The second-order valence-corrected chi connectivity index (χ2v) is 6.98. The van der Waals surface area contributed by atoms with E-state index in [1.807, 2.05) is 7.05 Å². The highest BCUT2D eigenvalue weighted by molar-refractivity contribution is 7.89. The molecule has 0 saturated carbocycles. The number of hydrogen-bond acceptors (Lipinski definition) is 4. The summed E-state index contributed by atoms with van der Waals surface area (Å²) in [6.07, 6.45) is -0.598. The van der Waals surface area contributed by atoms with Gasteiger partial charge in [0.25, 0.3) is 0 Å². The summed E-state index contributed by atoms with van der Waals surface area (Å²) in [7, 11) is -1.53. The Morgan fingerprint density at radius 1 is 1.20 bits per heavy atom. The molecule has 0 aliphatic carbocycles. The first kappa shape index (κ1) is 17.1. The number of rotatable bonds is 7. The van der Waals surface area contributed by atoms with Gasteiger partial charge in [0, 0.05) is 19.1 Å². The molecule has 0 fully saturated rings. The Morgan fingerprint density at radius 2 is 1.75 bits per heavy atom. The van der Waals surface area contributed by atoms with Gasteiger partial charge in [-0.2, -0.15) is 0 Å². The molecule has 5 nitrogen and oxygen atoms in total. The van der Waals surface area contributed by atoms with Gasteiger partial charge >= 0.3 is 0 Å². The summed E-state index contributed by atoms with van der Waals surface area (Å²) < 4.78 is 26.7. The van der Waals surface area contributed by atoms with Crippen molar-refractivity contribution in [1.29, 1.82) is 0 Å². The van der Waals surface area contributed by atoms with Crippen molar-refractivity contribution in [1.82, 2.24) is 9.62 Å². The monoisotopic (exact) mass is 300 g/mol. The second-order valence-electron chi connectivity index (χ2n) is 5.22. The highest BCUT2D eigenvalue weighted by Crippen LogP contribution is 2.15. The van der Waals surface area contributed by atoms with E-state index in [2.05, 4.69) is 23.5 Å². The van der Waals surface area contributed by atoms with Crippen molar-refractivity contribution in [2.24, 2.45) is 0 Å². The van der Waals surface area contributed by atoms with Crippen LogP contribution in [-0.2, 0) is 10.0 Å². The number of likely N-dealkylation sites (N-methyl/N-ethyl adjacent to an activating group) is 1. The molecule has 0 aromatic heterocycles. The smallest absolute Gasteiger partial charge is 0.240 e. The van der Waals surface area contributed by atoms with Crippen molar-refractivity contribution in [2.75, 3.05) is 20.1 Å². The van der Waals surface area contributed by atoms with Crippen molar-refractivity contribution < 1.29 is 13.5 Å². The zero-order valence-corrected chi connectivity index (χ0v) is 13.3. The van der Waals surface area contributed by atoms with Crippen LogP contribution in [0.5, 0.6) is 0 Å². The van der Waals surface area contributed by atoms with E-state index in [1.165, 1.54) is 12.1 Å². The Balaban J connectivity index is 2.65. The van der Waals surface area contributed by atoms with Gasteiger partial charge in [-0.25, -0.2) is 13.1 Å². The molecule has 0 bridgehead atoms. The van der Waals surface area contributed by atoms with Gasteiger partial charge < -0.3 is 10.0 Å². The molecule has 0 spiro atoms. The van der Waals surface area contributed by atoms with Crippen LogP contribution in [0.2, 0.25) is 0 Å². The van der Waals surface area contributed by atoms with Crippen molar-refractivity contribution in [3.8, 4) is 0 Å². The van der Waals surface area contributed by atoms with Crippen LogP contribution in [-0.4, -0.2) is 44.6 Å². The molecule has 1 rings (SSSR count). The fourth-order valence-electron chi connectivity index (χ4n) is 1.62. The van der Waals surface area contributed by atoms with Crippen LogP contribution in [0.4, 0.5) is 0 Å². The molecule has 0 saturated heterocycles. The summed E-state index contributed by atoms with van der Waals surface area (Å²) in [5.41, 5.74) is 0.698. The molecular formula is C14H24N2O3S. The molecule has 1 atom stereocenters. The van der Waals surface area contributed by atoms with E-state index < -0.39 is 16.1 Å². The van der Waals surface area contributed by atoms with Gasteiger partial charge in [0.05, 0.1) is 11.0 Å². The number of aliphatic hydroxyl groups is 1. The summed E-state index contributed by atoms with van der Waals surface area (Å²) in [6.45, 7) is 6.79. The number of benzene rings is 1. The minimum Gasteiger partial charge on any atom is -0.389 e. The maximum atomic E-state index is 12.1. The van der Waals surface area contributed by atoms with E-state index in [4.69, 9.17) is 0 Å². The summed E-state index contributed by atoms with van der Waals surface area (Å²) in [4.78, 5) is 2.29. The highest BCUT2D eigenvalue weighted by atomic mass is 32.2. The number of aliphatic hydroxyl groups excluding tert-OH is 1. The first-order valence-electron chi connectivity index (χ1n) is 6.72. The maximum Gasteiger partial charge on any atom is 0.240 e. The van der Waals surface area contributed by atoms with E-state index in [0.29, 0.717) is 24.7 Å². The van der Waals surface area contributed by atoms with Crippen molar-refractivity contribution >= 4 is 10.0 Å². The Bertz CT molecular complexity index is 510. The first-order valence-corrected chi connectivity index (χ1v) is 8.20. The third-order valence-electron chi connectivity index (χ3n) is 3.31. The van der Waals surface area contributed by atoms with Crippen LogP contribution >= 0.6 is 0 Å². The molecule has 0 amide bonds. The quantitative estimate of drug-likeness (QED) is 0.798. The van der Waals surface area contributed by atoms with Crippen LogP contribution in [0.25, 0.3) is 0 Å². The van der Waals surface area contributed by atoms with Crippen LogP contribution in [0.15, 0.2) is 29.2 Å². The fourth-order valence-corrected chi connectivity index (χ4v) is 2.64. The summed E-state index contributed by atoms with van der Waals surface area (Å²) in [6, 6.07) is 6.65. The van der Waals surface area contributed by atoms with Gasteiger partial charge in [0.15, 0.2) is 0 Å². The van der Waals surface area contributed by atoms with Gasteiger partial charge in [-0.05, 0) is 45.5 Å². The normalized spacial score (nSPS) is 13.9. The fraction of sp³-hybridized carbons (Fsp3) is 0.571. The van der Waals surface area contributed by atoms with Crippen LogP contribution < -0.4 is 4.72 Å². The Labute approximate surface area is 121 Å². The first-order chi connectivity index (χ1) is 9.24. The maximum absolute atomic E-state index is 12.1. The zero-order chi connectivity index (χ0) is 15.3. The summed E-state index contributed by atoms with van der Waals surface area (Å²) in [5.74, 6) is 0. The van der Waals surface area contributed by atoms with E-state index in [0.717, 1.165) is 0 Å². The summed E-state index contributed by atoms with van der Waals surface area (Å²) >= 11 is 0. The molecule has 0 heterocycles. The molecule has 20 heavy (non-hydrogen) atoms. The van der Waals surface area contributed by atoms with E-state index in [1.54, 1.807) is 19.1 Å². The molecule has 1 aromatic rings. The minimum absolute atomic E-state index is 0.217. The lowest BCUT2D eigenvalue weighted by atomic mass is 10.1. The van der Waals surface area contributed by atoms with E-state index >= 15 is 0 Å². The lowest BCUT2D eigenvalue weighted by molar-refractivity contribution is 0.199. The molecular weight excluding hydrogens is 276 g/mol. The molecule has 114 valence electrons. The molecule has 0 aliphatic heterocycles. The minimum atomic E-state index is -3.48. The number of sulfonamides is 1. The van der Waals surface area contributed by atoms with Gasteiger partial charge in [0.2, 0.25) is 10.0 Å². The molecule has 0 aliphatic rings. The number of nitrogens with zero attached hydrogens (tertiary/aromatic N) is 1. The van der Waals surface area contributed by atoms with Crippen molar-refractivity contribution in [3.63, 3.8) is 0 Å². The van der Waals surface area contributed by atoms with Gasteiger partial charge in [0.1, 0.15) is 0 Å². The van der Waals surface area contributed by atoms with Crippen molar-refractivity contribution in [2.45, 2.75) is 37.8 Å². The molecule has 1 aromatic carbocycles. The average molecular weight is 300 g/mol. The van der Waals surface area contributed by atoms with Crippen LogP contribution in [0.3, 0.4) is 0 Å². The SMILES string of the molecule is CC(O)c1ccc(S(=O)(=O)NCCN(C)C(C)C)cc1. The standard InChI is InChI=1S/C14H24N2O3S/c1-11(2)16(4)10-9-15-20(18,19)14-7-5-13(6-8-14)12(3)17/h5-8,11-12,15,17H,9-10H2,1-4H3. The Morgan fingerprint density at radius 3 is 2.20 bits per heavy atom. The Hall–Kier alpha value is -0.950. The third kappa shape index (κ3) is 4.86. The second kappa shape index (κ2) is 7.17. The highest BCUT2D eigenvalue weighted by Gasteiger charge is 2.14. The average Bonchev–Trinajstić information content (AvgIpc) is 2.38.